The van der Waals surface area contributed by atoms with Crippen molar-refractivity contribution >= 4 is 24.3 Å². The zero-order chi connectivity index (χ0) is 15.6. The van der Waals surface area contributed by atoms with Crippen LogP contribution in [0.1, 0.15) is 19.3 Å². The van der Waals surface area contributed by atoms with E-state index in [0.717, 1.165) is 45.4 Å². The fourth-order valence-electron chi connectivity index (χ4n) is 3.70. The highest BCUT2D eigenvalue weighted by molar-refractivity contribution is 5.85. The van der Waals surface area contributed by atoms with Crippen LogP contribution in [0.4, 0.5) is 5.95 Å². The summed E-state index contributed by atoms with van der Waals surface area (Å²) >= 11 is 0. The summed E-state index contributed by atoms with van der Waals surface area (Å²) in [5, 5.41) is 23.7. The number of hydrogen-bond donors (Lipinski definition) is 3. The number of aliphatic hydroxyl groups excluding tert-OH is 1. The maximum atomic E-state index is 12.3. The number of nitrogens with zero attached hydrogens (tertiary/aromatic N) is 5. The molecule has 2 saturated heterocycles. The number of hydrogen-bond acceptors (Lipinski definition) is 7. The number of piperidine rings is 2. The fraction of sp³-hybridized carbons (Fsp3) is 0.846. The van der Waals surface area contributed by atoms with Crippen LogP contribution in [0, 0.1) is 11.3 Å². The van der Waals surface area contributed by atoms with E-state index in [4.69, 9.17) is 5.73 Å². The van der Waals surface area contributed by atoms with Crippen LogP contribution < -0.4 is 11.1 Å². The second kappa shape index (κ2) is 7.41. The molecule has 1 atom stereocenters. The number of aromatic nitrogens is 4. The number of nitrogens with one attached hydrogen (secondary N) is 1. The molecular weight excluding hydrogens is 322 g/mol. The number of nitrogen functional groups attached to an aromatic ring is 1. The summed E-state index contributed by atoms with van der Waals surface area (Å²) in [4.78, 5) is 14.2. The summed E-state index contributed by atoms with van der Waals surface area (Å²) in [5.41, 5.74) is 5.76. The van der Waals surface area contributed by atoms with Gasteiger partial charge in [0.15, 0.2) is 0 Å². The maximum Gasteiger partial charge on any atom is 0.244 e. The van der Waals surface area contributed by atoms with Gasteiger partial charge in [0, 0.05) is 32.2 Å². The van der Waals surface area contributed by atoms with Gasteiger partial charge in [0.2, 0.25) is 11.9 Å². The number of anilines is 1. The Morgan fingerprint density at radius 1 is 1.39 bits per heavy atom. The van der Waals surface area contributed by atoms with Gasteiger partial charge in [0.05, 0.1) is 0 Å². The molecule has 9 nitrogen and oxygen atoms in total. The lowest BCUT2D eigenvalue weighted by Crippen LogP contribution is -2.53. The predicted octanol–water partition coefficient (Wildman–Crippen LogP) is -1.11. The van der Waals surface area contributed by atoms with Crippen LogP contribution in [0.3, 0.4) is 0 Å². The zero-order valence-electron chi connectivity index (χ0n) is 13.0. The first kappa shape index (κ1) is 17.9. The van der Waals surface area contributed by atoms with Crippen molar-refractivity contribution in [1.29, 1.82) is 0 Å². The number of nitrogens with two attached hydrogens (primary N) is 1. The molecule has 130 valence electrons. The van der Waals surface area contributed by atoms with Gasteiger partial charge in [-0.25, -0.2) is 4.68 Å². The van der Waals surface area contributed by atoms with Crippen LogP contribution in [0.25, 0.3) is 0 Å². The van der Waals surface area contributed by atoms with E-state index in [1.54, 1.807) is 0 Å². The third-order valence-corrected chi connectivity index (χ3v) is 5.23. The van der Waals surface area contributed by atoms with Crippen molar-refractivity contribution in [3.05, 3.63) is 0 Å². The van der Waals surface area contributed by atoms with Crippen LogP contribution >= 0.6 is 12.4 Å². The zero-order valence-corrected chi connectivity index (χ0v) is 13.8. The lowest BCUT2D eigenvalue weighted by Gasteiger charge is -2.49. The molecular formula is C13H24ClN7O2. The highest BCUT2D eigenvalue weighted by atomic mass is 35.5. The summed E-state index contributed by atoms with van der Waals surface area (Å²) in [7, 11) is 0. The van der Waals surface area contributed by atoms with Crippen molar-refractivity contribution in [3.8, 4) is 0 Å². The summed E-state index contributed by atoms with van der Waals surface area (Å²) in [5.74, 6) is 0.428. The van der Waals surface area contributed by atoms with Crippen LogP contribution in [-0.2, 0) is 11.3 Å². The molecule has 0 bridgehead atoms. The first-order chi connectivity index (χ1) is 10.6. The Balaban J connectivity index is 0.00000192. The van der Waals surface area contributed by atoms with E-state index in [9.17, 15) is 9.90 Å². The Morgan fingerprint density at radius 2 is 2.13 bits per heavy atom. The molecule has 1 amide bonds. The number of rotatable bonds is 3. The highest BCUT2D eigenvalue weighted by Gasteiger charge is 2.43. The number of halogens is 1. The molecule has 2 aliphatic heterocycles. The maximum absolute atomic E-state index is 12.3. The van der Waals surface area contributed by atoms with Crippen molar-refractivity contribution in [3.63, 3.8) is 0 Å². The van der Waals surface area contributed by atoms with E-state index >= 15 is 0 Å². The first-order valence-electron chi connectivity index (χ1n) is 7.76. The van der Waals surface area contributed by atoms with E-state index in [0.29, 0.717) is 0 Å². The topological polar surface area (TPSA) is 122 Å². The Morgan fingerprint density at radius 3 is 2.74 bits per heavy atom. The van der Waals surface area contributed by atoms with Crippen molar-refractivity contribution in [2.24, 2.45) is 11.3 Å². The molecule has 1 aromatic heterocycles. The molecule has 1 aromatic rings. The smallest absolute Gasteiger partial charge is 0.244 e. The van der Waals surface area contributed by atoms with Crippen molar-refractivity contribution < 1.29 is 9.90 Å². The van der Waals surface area contributed by atoms with Gasteiger partial charge in [-0.3, -0.25) is 4.79 Å². The molecule has 2 fully saturated rings. The summed E-state index contributed by atoms with van der Waals surface area (Å²) < 4.78 is 1.31. The molecule has 1 unspecified atom stereocenters. The molecule has 2 aliphatic rings. The third-order valence-electron chi connectivity index (χ3n) is 5.23. The van der Waals surface area contributed by atoms with E-state index in [2.05, 4.69) is 20.8 Å². The number of likely N-dealkylation sites (tertiary alicyclic amines) is 1. The number of aliphatic hydroxyl groups is 1. The Labute approximate surface area is 141 Å². The monoisotopic (exact) mass is 345 g/mol. The summed E-state index contributed by atoms with van der Waals surface area (Å²) in [6.07, 6.45) is 2.95. The molecule has 0 aliphatic carbocycles. The molecule has 1 spiro atoms. The average Bonchev–Trinajstić information content (AvgIpc) is 2.93. The normalized spacial score (nSPS) is 23.5. The lowest BCUT2D eigenvalue weighted by molar-refractivity contribution is -0.135. The molecule has 3 heterocycles. The minimum Gasteiger partial charge on any atom is -0.396 e. The lowest BCUT2D eigenvalue weighted by atomic mass is 9.65. The van der Waals surface area contributed by atoms with Gasteiger partial charge >= 0.3 is 0 Å². The SMILES string of the molecule is Cl.Nc1nnnn1CC(=O)N1CCC2(CCNCC2CO)CC1. The number of tetrazole rings is 1. The minimum atomic E-state index is -0.0108. The van der Waals surface area contributed by atoms with Crippen LogP contribution in [0.2, 0.25) is 0 Å². The van der Waals surface area contributed by atoms with Gasteiger partial charge in [-0.2, -0.15) is 0 Å². The van der Waals surface area contributed by atoms with Crippen LogP contribution in [0.15, 0.2) is 0 Å². The van der Waals surface area contributed by atoms with E-state index in [1.807, 2.05) is 4.90 Å². The minimum absolute atomic E-state index is 0. The Kier molecular flexibility index (Phi) is 5.77. The average molecular weight is 346 g/mol. The molecule has 3 rings (SSSR count). The Hall–Kier alpha value is -1.45. The van der Waals surface area contributed by atoms with E-state index < -0.39 is 0 Å². The summed E-state index contributed by atoms with van der Waals surface area (Å²) in [6.45, 7) is 3.59. The quantitative estimate of drug-likeness (QED) is 0.634. The van der Waals surface area contributed by atoms with Crippen LogP contribution in [0.5, 0.6) is 0 Å². The fourth-order valence-corrected chi connectivity index (χ4v) is 3.70. The predicted molar refractivity (Wildman–Crippen MR) is 85.8 cm³/mol. The largest absolute Gasteiger partial charge is 0.396 e. The molecule has 4 N–H and O–H groups in total. The Bertz CT molecular complexity index is 530. The van der Waals surface area contributed by atoms with Crippen molar-refractivity contribution in [1.82, 2.24) is 30.4 Å². The molecule has 0 radical (unpaired) electrons. The molecule has 0 saturated carbocycles. The van der Waals surface area contributed by atoms with Gasteiger partial charge < -0.3 is 21.1 Å². The second-order valence-electron chi connectivity index (χ2n) is 6.27. The van der Waals surface area contributed by atoms with Crippen LogP contribution in [-0.4, -0.2) is 68.9 Å². The second-order valence-corrected chi connectivity index (χ2v) is 6.27. The van der Waals surface area contributed by atoms with Crippen molar-refractivity contribution in [2.75, 3.05) is 38.5 Å². The third kappa shape index (κ3) is 3.56. The van der Waals surface area contributed by atoms with Gasteiger partial charge in [0.25, 0.3) is 0 Å². The van der Waals surface area contributed by atoms with Crippen molar-refractivity contribution in [2.45, 2.75) is 25.8 Å². The van der Waals surface area contributed by atoms with Gasteiger partial charge in [0.1, 0.15) is 6.54 Å². The van der Waals surface area contributed by atoms with E-state index in [-0.39, 0.29) is 48.7 Å². The number of carbonyl (C=O) groups is 1. The highest BCUT2D eigenvalue weighted by Crippen LogP contribution is 2.43. The molecule has 23 heavy (non-hydrogen) atoms. The molecule has 0 aromatic carbocycles. The first-order valence-corrected chi connectivity index (χ1v) is 7.76. The summed E-state index contributed by atoms with van der Waals surface area (Å²) in [6, 6.07) is 0. The number of carbonyl (C=O) groups excluding carboxylic acids is 1. The van der Waals surface area contributed by atoms with Gasteiger partial charge in [-0.15, -0.1) is 12.4 Å². The number of amides is 1. The van der Waals surface area contributed by atoms with Gasteiger partial charge in [-0.1, -0.05) is 5.10 Å². The van der Waals surface area contributed by atoms with Gasteiger partial charge in [-0.05, 0) is 41.6 Å². The molecule has 10 heteroatoms. The van der Waals surface area contributed by atoms with E-state index in [1.165, 1.54) is 4.68 Å². The standard InChI is InChI=1S/C13H23N7O2.ClH/c14-12-16-17-18-20(12)8-11(22)19-5-2-13(3-6-19)1-4-15-7-10(13)9-21;/h10,15,21H,1-9H2,(H2,14,16,18);1H.